The second kappa shape index (κ2) is 7.92. The molecular weight excluding hydrogens is 156 g/mol. The first kappa shape index (κ1) is 12.3. The van der Waals surface area contributed by atoms with Gasteiger partial charge in [-0.25, -0.2) is 0 Å². The zero-order valence-electron chi connectivity index (χ0n) is 9.27. The van der Waals surface area contributed by atoms with E-state index in [0.717, 1.165) is 25.2 Å². The van der Waals surface area contributed by atoms with Gasteiger partial charge in [0.25, 0.3) is 0 Å². The van der Waals surface area contributed by atoms with Gasteiger partial charge in [-0.2, -0.15) is 0 Å². The molecule has 0 saturated carbocycles. The number of allylic oxidation sites excluding steroid dienone is 1. The molecule has 0 fully saturated rings. The van der Waals surface area contributed by atoms with Crippen LogP contribution in [0.2, 0.25) is 0 Å². The van der Waals surface area contributed by atoms with Crippen molar-refractivity contribution in [1.29, 1.82) is 0 Å². The van der Waals surface area contributed by atoms with E-state index in [0.29, 0.717) is 5.92 Å². The molecule has 74 valence electrons. The third-order valence-corrected chi connectivity index (χ3v) is 2.10. The Morgan fingerprint density at radius 2 is 1.62 bits per heavy atom. The smallest absolute Gasteiger partial charge is 0.00941 e. The van der Waals surface area contributed by atoms with Crippen LogP contribution in [-0.2, 0) is 0 Å². The minimum atomic E-state index is 0.611. The van der Waals surface area contributed by atoms with E-state index in [9.17, 15) is 0 Å². The van der Waals surface area contributed by atoms with Gasteiger partial charge in [0, 0.05) is 12.8 Å². The van der Waals surface area contributed by atoms with E-state index in [1.165, 1.54) is 6.42 Å². The largest absolute Gasteiger partial charge is 0.103 e. The van der Waals surface area contributed by atoms with Crippen molar-refractivity contribution in [2.24, 2.45) is 11.8 Å². The van der Waals surface area contributed by atoms with Crippen LogP contribution in [-0.4, -0.2) is 0 Å². The predicted octanol–water partition coefficient (Wildman–Crippen LogP) is 4.03. The van der Waals surface area contributed by atoms with Gasteiger partial charge in [-0.1, -0.05) is 26.8 Å². The molecule has 0 aromatic heterocycles. The van der Waals surface area contributed by atoms with Crippen molar-refractivity contribution in [3.05, 3.63) is 12.7 Å². The summed E-state index contributed by atoms with van der Waals surface area (Å²) >= 11 is 0. The van der Waals surface area contributed by atoms with Crippen molar-refractivity contribution >= 4 is 0 Å². The van der Waals surface area contributed by atoms with Crippen molar-refractivity contribution in [2.45, 2.75) is 46.5 Å². The average molecular weight is 178 g/mol. The van der Waals surface area contributed by atoms with Crippen LogP contribution in [0.25, 0.3) is 0 Å². The van der Waals surface area contributed by atoms with Gasteiger partial charge in [-0.3, -0.25) is 0 Å². The molecule has 1 unspecified atom stereocenters. The summed E-state index contributed by atoms with van der Waals surface area (Å²) in [7, 11) is 0. The highest BCUT2D eigenvalue weighted by atomic mass is 14.0. The topological polar surface area (TPSA) is 0 Å². The Labute approximate surface area is 83.4 Å². The van der Waals surface area contributed by atoms with Crippen LogP contribution in [0, 0.1) is 23.7 Å². The normalized spacial score (nSPS) is 12.0. The van der Waals surface area contributed by atoms with E-state index in [1.807, 2.05) is 6.08 Å². The van der Waals surface area contributed by atoms with Gasteiger partial charge in [0.1, 0.15) is 0 Å². The molecular formula is C13H22. The first-order chi connectivity index (χ1) is 6.16. The highest BCUT2D eigenvalue weighted by Crippen LogP contribution is 2.05. The van der Waals surface area contributed by atoms with E-state index >= 15 is 0 Å². The van der Waals surface area contributed by atoms with Crippen molar-refractivity contribution < 1.29 is 0 Å². The van der Waals surface area contributed by atoms with Gasteiger partial charge < -0.3 is 0 Å². The van der Waals surface area contributed by atoms with Gasteiger partial charge in [-0.15, -0.1) is 18.4 Å². The molecule has 0 aromatic rings. The van der Waals surface area contributed by atoms with Crippen molar-refractivity contribution in [3.8, 4) is 11.8 Å². The van der Waals surface area contributed by atoms with Crippen molar-refractivity contribution in [2.75, 3.05) is 0 Å². The molecule has 0 saturated heterocycles. The predicted molar refractivity (Wildman–Crippen MR) is 60.4 cm³/mol. The molecule has 0 aliphatic carbocycles. The van der Waals surface area contributed by atoms with Crippen molar-refractivity contribution in [1.82, 2.24) is 0 Å². The minimum absolute atomic E-state index is 0.611. The Kier molecular flexibility index (Phi) is 7.50. The van der Waals surface area contributed by atoms with Crippen LogP contribution in [0.4, 0.5) is 0 Å². The Bertz CT molecular complexity index is 178. The minimum Gasteiger partial charge on any atom is -0.103 e. The lowest BCUT2D eigenvalue weighted by atomic mass is 10.1. The molecule has 0 aromatic carbocycles. The quantitative estimate of drug-likeness (QED) is 0.440. The molecule has 0 aliphatic heterocycles. The van der Waals surface area contributed by atoms with Gasteiger partial charge >= 0.3 is 0 Å². The summed E-state index contributed by atoms with van der Waals surface area (Å²) in [5.41, 5.74) is 0. The van der Waals surface area contributed by atoms with Crippen LogP contribution in [0.1, 0.15) is 46.5 Å². The SMILES string of the molecule is C=CC(C)CCC#CCCC(C)C. The highest BCUT2D eigenvalue weighted by molar-refractivity contribution is 4.99. The second-order valence-corrected chi connectivity index (χ2v) is 4.04. The van der Waals surface area contributed by atoms with Gasteiger partial charge in [-0.05, 0) is 24.7 Å². The number of hydrogen-bond acceptors (Lipinski definition) is 0. The standard InChI is InChI=1S/C13H22/c1-5-13(4)11-9-7-6-8-10-12(2)3/h5,12-13H,1,8-11H2,2-4H3. The Morgan fingerprint density at radius 1 is 1.08 bits per heavy atom. The van der Waals surface area contributed by atoms with E-state index in [-0.39, 0.29) is 0 Å². The first-order valence-electron chi connectivity index (χ1n) is 5.25. The summed E-state index contributed by atoms with van der Waals surface area (Å²) in [4.78, 5) is 0. The third-order valence-electron chi connectivity index (χ3n) is 2.10. The maximum Gasteiger partial charge on any atom is 0.00941 e. The molecule has 0 amide bonds. The van der Waals surface area contributed by atoms with Crippen LogP contribution < -0.4 is 0 Å². The molecule has 1 atom stereocenters. The maximum atomic E-state index is 3.75. The van der Waals surface area contributed by atoms with Crippen LogP contribution in [0.3, 0.4) is 0 Å². The summed E-state index contributed by atoms with van der Waals surface area (Å²) in [6.07, 6.45) is 6.45. The van der Waals surface area contributed by atoms with Gasteiger partial charge in [0.2, 0.25) is 0 Å². The summed E-state index contributed by atoms with van der Waals surface area (Å²) in [5, 5.41) is 0. The van der Waals surface area contributed by atoms with E-state index in [4.69, 9.17) is 0 Å². The lowest BCUT2D eigenvalue weighted by Crippen LogP contribution is -1.87. The van der Waals surface area contributed by atoms with Crippen LogP contribution in [0.5, 0.6) is 0 Å². The Hall–Kier alpha value is -0.700. The fourth-order valence-electron chi connectivity index (χ4n) is 0.955. The molecule has 0 bridgehead atoms. The molecule has 0 spiro atoms. The lowest BCUT2D eigenvalue weighted by Gasteiger charge is -1.99. The zero-order valence-corrected chi connectivity index (χ0v) is 9.27. The third kappa shape index (κ3) is 9.21. The molecule has 0 N–H and O–H groups in total. The molecule has 0 heterocycles. The Balaban J connectivity index is 3.35. The van der Waals surface area contributed by atoms with E-state index in [1.54, 1.807) is 0 Å². The van der Waals surface area contributed by atoms with Crippen LogP contribution in [0.15, 0.2) is 12.7 Å². The monoisotopic (exact) mass is 178 g/mol. The Morgan fingerprint density at radius 3 is 2.08 bits per heavy atom. The maximum absolute atomic E-state index is 3.75. The summed E-state index contributed by atoms with van der Waals surface area (Å²) in [5.74, 6) is 7.81. The van der Waals surface area contributed by atoms with Gasteiger partial charge in [0.15, 0.2) is 0 Å². The lowest BCUT2D eigenvalue weighted by molar-refractivity contribution is 0.599. The molecule has 0 heteroatoms. The molecule has 0 aliphatic rings. The van der Waals surface area contributed by atoms with Gasteiger partial charge in [0.05, 0.1) is 0 Å². The van der Waals surface area contributed by atoms with Crippen molar-refractivity contribution in [3.63, 3.8) is 0 Å². The number of hydrogen-bond donors (Lipinski definition) is 0. The summed E-state index contributed by atoms with van der Waals surface area (Å²) in [6, 6.07) is 0. The molecule has 0 radical (unpaired) electrons. The summed E-state index contributed by atoms with van der Waals surface area (Å²) in [6.45, 7) is 10.4. The first-order valence-corrected chi connectivity index (χ1v) is 5.25. The summed E-state index contributed by atoms with van der Waals surface area (Å²) < 4.78 is 0. The molecule has 0 rings (SSSR count). The fourth-order valence-corrected chi connectivity index (χ4v) is 0.955. The molecule has 0 nitrogen and oxygen atoms in total. The van der Waals surface area contributed by atoms with E-state index < -0.39 is 0 Å². The second-order valence-electron chi connectivity index (χ2n) is 4.04. The zero-order chi connectivity index (χ0) is 10.1. The fraction of sp³-hybridized carbons (Fsp3) is 0.692. The highest BCUT2D eigenvalue weighted by Gasteiger charge is 1.92. The van der Waals surface area contributed by atoms with Crippen LogP contribution >= 0.6 is 0 Å². The van der Waals surface area contributed by atoms with E-state index in [2.05, 4.69) is 39.2 Å². The number of rotatable bonds is 5. The molecule has 13 heavy (non-hydrogen) atoms. The average Bonchev–Trinajstić information content (AvgIpc) is 2.10.